The molecule has 0 bridgehead atoms. The predicted octanol–water partition coefficient (Wildman–Crippen LogP) is 1.71. The van der Waals surface area contributed by atoms with E-state index in [1.807, 2.05) is 25.2 Å². The zero-order chi connectivity index (χ0) is 10.5. The Balaban J connectivity index is 1.86. The van der Waals surface area contributed by atoms with E-state index in [4.69, 9.17) is 4.74 Å². The van der Waals surface area contributed by atoms with Gasteiger partial charge in [-0.3, -0.25) is 0 Å². The van der Waals surface area contributed by atoms with Crippen LogP contribution in [0.5, 0.6) is 0 Å². The summed E-state index contributed by atoms with van der Waals surface area (Å²) < 4.78 is 5.53. The second-order valence-electron chi connectivity index (χ2n) is 3.67. The number of rotatable bonds is 4. The van der Waals surface area contributed by atoms with Gasteiger partial charge in [0.1, 0.15) is 11.6 Å². The maximum absolute atomic E-state index is 5.53. The molecule has 0 spiro atoms. The van der Waals surface area contributed by atoms with Gasteiger partial charge in [-0.05, 0) is 25.0 Å². The van der Waals surface area contributed by atoms with Crippen LogP contribution < -0.4 is 10.6 Å². The van der Waals surface area contributed by atoms with Crippen LogP contribution in [0.25, 0.3) is 0 Å². The molecule has 1 aliphatic heterocycles. The van der Waals surface area contributed by atoms with Gasteiger partial charge >= 0.3 is 0 Å². The molecule has 0 saturated carbocycles. The van der Waals surface area contributed by atoms with E-state index in [1.54, 1.807) is 0 Å². The molecule has 1 saturated heterocycles. The zero-order valence-corrected chi connectivity index (χ0v) is 8.99. The molecule has 0 amide bonds. The first-order valence-corrected chi connectivity index (χ1v) is 5.39. The highest BCUT2D eigenvalue weighted by molar-refractivity contribution is 5.44. The first kappa shape index (κ1) is 10.2. The summed E-state index contributed by atoms with van der Waals surface area (Å²) in [7, 11) is 1.87. The van der Waals surface area contributed by atoms with Crippen molar-refractivity contribution in [2.45, 2.75) is 18.9 Å². The SMILES string of the molecule is CNc1cccc(NCC2CCCO2)n1. The molecule has 2 rings (SSSR count). The maximum Gasteiger partial charge on any atom is 0.128 e. The van der Waals surface area contributed by atoms with E-state index in [0.29, 0.717) is 6.10 Å². The van der Waals surface area contributed by atoms with Crippen LogP contribution in [0.1, 0.15) is 12.8 Å². The second-order valence-corrected chi connectivity index (χ2v) is 3.67. The molecule has 0 aromatic carbocycles. The van der Waals surface area contributed by atoms with Crippen LogP contribution in [-0.2, 0) is 4.74 Å². The first-order chi connectivity index (χ1) is 7.38. The van der Waals surface area contributed by atoms with Crippen molar-refractivity contribution in [1.82, 2.24) is 4.98 Å². The Kier molecular flexibility index (Phi) is 3.40. The van der Waals surface area contributed by atoms with Crippen molar-refractivity contribution in [3.63, 3.8) is 0 Å². The molecular weight excluding hydrogens is 190 g/mol. The molecule has 1 aromatic rings. The summed E-state index contributed by atoms with van der Waals surface area (Å²) >= 11 is 0. The molecule has 2 N–H and O–H groups in total. The van der Waals surface area contributed by atoms with Crippen LogP contribution in [0.4, 0.5) is 11.6 Å². The summed E-state index contributed by atoms with van der Waals surface area (Å²) in [5.41, 5.74) is 0. The van der Waals surface area contributed by atoms with E-state index in [-0.39, 0.29) is 0 Å². The van der Waals surface area contributed by atoms with E-state index in [9.17, 15) is 0 Å². The average Bonchev–Trinajstić information content (AvgIpc) is 2.79. The van der Waals surface area contributed by atoms with Crippen molar-refractivity contribution in [1.29, 1.82) is 0 Å². The number of aromatic nitrogens is 1. The molecular formula is C11H17N3O. The van der Waals surface area contributed by atoms with Gasteiger partial charge in [0.25, 0.3) is 0 Å². The van der Waals surface area contributed by atoms with E-state index in [0.717, 1.165) is 31.2 Å². The number of nitrogens with one attached hydrogen (secondary N) is 2. The molecule has 1 atom stereocenters. The van der Waals surface area contributed by atoms with E-state index in [2.05, 4.69) is 15.6 Å². The standard InChI is InChI=1S/C11H17N3O/c1-12-10-5-2-6-11(14-10)13-8-9-4-3-7-15-9/h2,5-6,9H,3-4,7-8H2,1H3,(H2,12,13,14). The maximum atomic E-state index is 5.53. The number of ether oxygens (including phenoxy) is 1. The van der Waals surface area contributed by atoms with Gasteiger partial charge in [0.05, 0.1) is 6.10 Å². The third kappa shape index (κ3) is 2.83. The summed E-state index contributed by atoms with van der Waals surface area (Å²) in [4.78, 5) is 4.37. The smallest absolute Gasteiger partial charge is 0.128 e. The van der Waals surface area contributed by atoms with E-state index < -0.39 is 0 Å². The Hall–Kier alpha value is -1.29. The lowest BCUT2D eigenvalue weighted by molar-refractivity contribution is 0.120. The number of hydrogen-bond acceptors (Lipinski definition) is 4. The number of hydrogen-bond donors (Lipinski definition) is 2. The van der Waals surface area contributed by atoms with Crippen LogP contribution in [0.2, 0.25) is 0 Å². The molecule has 1 aliphatic rings. The number of anilines is 2. The van der Waals surface area contributed by atoms with Crippen molar-refractivity contribution in [2.75, 3.05) is 30.8 Å². The second kappa shape index (κ2) is 4.98. The largest absolute Gasteiger partial charge is 0.376 e. The summed E-state index contributed by atoms with van der Waals surface area (Å²) in [6, 6.07) is 5.89. The van der Waals surface area contributed by atoms with Crippen molar-refractivity contribution >= 4 is 11.6 Å². The zero-order valence-electron chi connectivity index (χ0n) is 8.99. The van der Waals surface area contributed by atoms with Gasteiger partial charge in [0.2, 0.25) is 0 Å². The quantitative estimate of drug-likeness (QED) is 0.789. The van der Waals surface area contributed by atoms with Crippen molar-refractivity contribution in [3.8, 4) is 0 Å². The van der Waals surface area contributed by atoms with Gasteiger partial charge < -0.3 is 15.4 Å². The monoisotopic (exact) mass is 207 g/mol. The molecule has 0 radical (unpaired) electrons. The molecule has 1 aromatic heterocycles. The topological polar surface area (TPSA) is 46.2 Å². The lowest BCUT2D eigenvalue weighted by Crippen LogP contribution is -2.18. The van der Waals surface area contributed by atoms with Crippen LogP contribution in [0, 0.1) is 0 Å². The predicted molar refractivity (Wildman–Crippen MR) is 61.2 cm³/mol. The van der Waals surface area contributed by atoms with Crippen molar-refractivity contribution in [2.24, 2.45) is 0 Å². The normalized spacial score (nSPS) is 20.2. The van der Waals surface area contributed by atoms with Crippen LogP contribution in [0.3, 0.4) is 0 Å². The summed E-state index contributed by atoms with van der Waals surface area (Å²) in [5.74, 6) is 1.78. The van der Waals surface area contributed by atoms with Crippen LogP contribution >= 0.6 is 0 Å². The summed E-state index contributed by atoms with van der Waals surface area (Å²) in [6.45, 7) is 1.75. The summed E-state index contributed by atoms with van der Waals surface area (Å²) in [6.07, 6.45) is 2.68. The summed E-state index contributed by atoms with van der Waals surface area (Å²) in [5, 5.41) is 6.30. The van der Waals surface area contributed by atoms with Crippen LogP contribution in [0.15, 0.2) is 18.2 Å². The van der Waals surface area contributed by atoms with Crippen LogP contribution in [-0.4, -0.2) is 31.3 Å². The molecule has 0 aliphatic carbocycles. The van der Waals surface area contributed by atoms with Gasteiger partial charge in [0, 0.05) is 20.2 Å². The molecule has 15 heavy (non-hydrogen) atoms. The van der Waals surface area contributed by atoms with E-state index >= 15 is 0 Å². The molecule has 4 heteroatoms. The molecule has 1 unspecified atom stereocenters. The molecule has 82 valence electrons. The van der Waals surface area contributed by atoms with Crippen molar-refractivity contribution in [3.05, 3.63) is 18.2 Å². The fourth-order valence-corrected chi connectivity index (χ4v) is 1.70. The number of pyridine rings is 1. The van der Waals surface area contributed by atoms with E-state index in [1.165, 1.54) is 6.42 Å². The highest BCUT2D eigenvalue weighted by atomic mass is 16.5. The van der Waals surface area contributed by atoms with Crippen molar-refractivity contribution < 1.29 is 4.74 Å². The number of nitrogens with zero attached hydrogens (tertiary/aromatic N) is 1. The Bertz CT molecular complexity index is 310. The minimum atomic E-state index is 0.352. The lowest BCUT2D eigenvalue weighted by atomic mass is 10.2. The fourth-order valence-electron chi connectivity index (χ4n) is 1.70. The third-order valence-electron chi connectivity index (χ3n) is 2.54. The fraction of sp³-hybridized carbons (Fsp3) is 0.545. The van der Waals surface area contributed by atoms with Gasteiger partial charge in [-0.2, -0.15) is 0 Å². The molecule has 1 fully saturated rings. The minimum Gasteiger partial charge on any atom is -0.376 e. The minimum absolute atomic E-state index is 0.352. The Morgan fingerprint density at radius 2 is 2.33 bits per heavy atom. The van der Waals surface area contributed by atoms with Gasteiger partial charge in [-0.25, -0.2) is 4.98 Å². The third-order valence-corrected chi connectivity index (χ3v) is 2.54. The van der Waals surface area contributed by atoms with Gasteiger partial charge in [-0.15, -0.1) is 0 Å². The van der Waals surface area contributed by atoms with Gasteiger partial charge in [0.15, 0.2) is 0 Å². The lowest BCUT2D eigenvalue weighted by Gasteiger charge is -2.11. The Morgan fingerprint density at radius 3 is 3.07 bits per heavy atom. The van der Waals surface area contributed by atoms with Gasteiger partial charge in [-0.1, -0.05) is 6.07 Å². The molecule has 4 nitrogen and oxygen atoms in total. The average molecular weight is 207 g/mol. The first-order valence-electron chi connectivity index (χ1n) is 5.39. The Labute approximate surface area is 90.0 Å². The highest BCUT2D eigenvalue weighted by Crippen LogP contribution is 2.13. The molecule has 2 heterocycles. The Morgan fingerprint density at radius 1 is 1.47 bits per heavy atom. The highest BCUT2D eigenvalue weighted by Gasteiger charge is 2.14.